The molecule has 4 rings (SSSR count). The molecule has 1 saturated heterocycles. The van der Waals surface area contributed by atoms with E-state index in [1.807, 2.05) is 0 Å². The number of benzene rings is 2. The van der Waals surface area contributed by atoms with E-state index in [9.17, 15) is 27.7 Å². The second-order valence-corrected chi connectivity index (χ2v) is 10.3. The van der Waals surface area contributed by atoms with Crippen molar-refractivity contribution in [2.75, 3.05) is 33.4 Å². The summed E-state index contributed by atoms with van der Waals surface area (Å²) < 4.78 is 54.6. The van der Waals surface area contributed by atoms with Crippen molar-refractivity contribution in [3.05, 3.63) is 69.7 Å². The molecule has 0 unspecified atom stereocenters. The highest BCUT2D eigenvalue weighted by molar-refractivity contribution is 7.89. The maximum absolute atomic E-state index is 14.1. The molecule has 14 heteroatoms. The minimum atomic E-state index is -4.28. The van der Waals surface area contributed by atoms with Crippen LogP contribution in [-0.2, 0) is 14.8 Å². The number of nitrogens with one attached hydrogen (secondary N) is 1. The molecule has 0 saturated carbocycles. The van der Waals surface area contributed by atoms with Crippen LogP contribution in [0.1, 0.15) is 28.9 Å². The molecule has 2 heterocycles. The summed E-state index contributed by atoms with van der Waals surface area (Å²) in [4.78, 5) is 25.0. The zero-order chi connectivity index (χ0) is 27.4. The third-order valence-corrected chi connectivity index (χ3v) is 7.43. The number of carbonyl (C=O) groups excluding carboxylic acids is 1. The van der Waals surface area contributed by atoms with E-state index in [-0.39, 0.29) is 42.1 Å². The maximum atomic E-state index is 14.1. The Morgan fingerprint density at radius 1 is 1.21 bits per heavy atom. The SMILES string of the molecule is COCCNS(=O)(=O)c1cc([N+](=O)[O-])ccc1Oc1c(C)c(C(=O)N2CCCC2)nn1-c1cccc(F)c1. The van der Waals surface area contributed by atoms with Gasteiger partial charge in [-0.15, -0.1) is 0 Å². The van der Waals surface area contributed by atoms with Gasteiger partial charge < -0.3 is 14.4 Å². The largest absolute Gasteiger partial charge is 0.437 e. The Morgan fingerprint density at radius 2 is 1.95 bits per heavy atom. The summed E-state index contributed by atoms with van der Waals surface area (Å²) in [6.07, 6.45) is 1.72. The van der Waals surface area contributed by atoms with E-state index in [1.165, 1.54) is 30.0 Å². The van der Waals surface area contributed by atoms with Crippen LogP contribution in [0.4, 0.5) is 10.1 Å². The van der Waals surface area contributed by atoms with Crippen molar-refractivity contribution in [2.24, 2.45) is 0 Å². The summed E-state index contributed by atoms with van der Waals surface area (Å²) in [5.41, 5.74) is 0.119. The third-order valence-electron chi connectivity index (χ3n) is 5.95. The van der Waals surface area contributed by atoms with Crippen LogP contribution >= 0.6 is 0 Å². The Balaban J connectivity index is 1.84. The number of carbonyl (C=O) groups is 1. The summed E-state index contributed by atoms with van der Waals surface area (Å²) in [5.74, 6) is -1.19. The first-order valence-corrected chi connectivity index (χ1v) is 13.2. The van der Waals surface area contributed by atoms with Crippen molar-refractivity contribution in [1.82, 2.24) is 19.4 Å². The zero-order valence-corrected chi connectivity index (χ0v) is 21.5. The van der Waals surface area contributed by atoms with Crippen molar-refractivity contribution < 1.29 is 32.0 Å². The number of non-ortho nitro benzene ring substituents is 1. The van der Waals surface area contributed by atoms with Gasteiger partial charge in [0.25, 0.3) is 11.6 Å². The van der Waals surface area contributed by atoms with Crippen molar-refractivity contribution >= 4 is 21.6 Å². The predicted molar refractivity (Wildman–Crippen MR) is 134 cm³/mol. The molecule has 12 nitrogen and oxygen atoms in total. The molecule has 0 aliphatic carbocycles. The highest BCUT2D eigenvalue weighted by Crippen LogP contribution is 2.36. The molecule has 0 bridgehead atoms. The molecular weight excluding hydrogens is 521 g/mol. The van der Waals surface area contributed by atoms with E-state index in [4.69, 9.17) is 9.47 Å². The van der Waals surface area contributed by atoms with E-state index in [2.05, 4.69) is 9.82 Å². The Labute approximate surface area is 218 Å². The molecule has 1 aromatic heterocycles. The summed E-state index contributed by atoms with van der Waals surface area (Å²) in [7, 11) is -2.89. The first kappa shape index (κ1) is 27.2. The summed E-state index contributed by atoms with van der Waals surface area (Å²) in [6, 6.07) is 8.54. The molecule has 1 aliphatic rings. The third kappa shape index (κ3) is 5.66. The number of ether oxygens (including phenoxy) is 2. The molecule has 202 valence electrons. The normalized spacial score (nSPS) is 13.6. The number of likely N-dealkylation sites (tertiary alicyclic amines) is 1. The first-order chi connectivity index (χ1) is 18.1. The lowest BCUT2D eigenvalue weighted by atomic mass is 10.2. The molecular formula is C24H26FN5O7S. The average Bonchev–Trinajstić information content (AvgIpc) is 3.53. The second kappa shape index (κ2) is 11.2. The Bertz CT molecular complexity index is 1470. The number of nitro benzene ring substituents is 1. The van der Waals surface area contributed by atoms with Crippen LogP contribution in [-0.4, -0.2) is 67.3 Å². The number of hydrogen-bond acceptors (Lipinski definition) is 8. The van der Waals surface area contributed by atoms with Gasteiger partial charge in [-0.3, -0.25) is 14.9 Å². The smallest absolute Gasteiger partial charge is 0.274 e. The van der Waals surface area contributed by atoms with Crippen LogP contribution in [0.15, 0.2) is 47.4 Å². The monoisotopic (exact) mass is 547 g/mol. The molecule has 0 atom stereocenters. The fourth-order valence-corrected chi connectivity index (χ4v) is 5.18. The Kier molecular flexibility index (Phi) is 8.04. The van der Waals surface area contributed by atoms with E-state index in [1.54, 1.807) is 17.9 Å². The minimum absolute atomic E-state index is 0.0414. The van der Waals surface area contributed by atoms with Gasteiger partial charge in [-0.2, -0.15) is 9.78 Å². The van der Waals surface area contributed by atoms with E-state index < -0.39 is 31.3 Å². The lowest BCUT2D eigenvalue weighted by Gasteiger charge is -2.14. The topological polar surface area (TPSA) is 146 Å². The molecule has 1 N–H and O–H groups in total. The van der Waals surface area contributed by atoms with E-state index in [0.29, 0.717) is 18.7 Å². The fourth-order valence-electron chi connectivity index (χ4n) is 4.02. The number of rotatable bonds is 10. The molecule has 38 heavy (non-hydrogen) atoms. The maximum Gasteiger partial charge on any atom is 0.274 e. The van der Waals surface area contributed by atoms with Gasteiger partial charge in [0.05, 0.1) is 17.2 Å². The van der Waals surface area contributed by atoms with Crippen molar-refractivity contribution in [3.8, 4) is 17.3 Å². The minimum Gasteiger partial charge on any atom is -0.437 e. The van der Waals surface area contributed by atoms with Crippen LogP contribution < -0.4 is 9.46 Å². The van der Waals surface area contributed by atoms with Gasteiger partial charge >= 0.3 is 0 Å². The van der Waals surface area contributed by atoms with Gasteiger partial charge in [0.15, 0.2) is 5.69 Å². The Hall–Kier alpha value is -3.88. The molecule has 0 radical (unpaired) electrons. The lowest BCUT2D eigenvalue weighted by Crippen LogP contribution is -2.28. The number of nitro groups is 1. The van der Waals surface area contributed by atoms with Gasteiger partial charge in [-0.1, -0.05) is 6.07 Å². The molecule has 1 aliphatic heterocycles. The van der Waals surface area contributed by atoms with E-state index >= 15 is 0 Å². The lowest BCUT2D eigenvalue weighted by molar-refractivity contribution is -0.385. The standard InChI is InChI=1S/C24H26FN5O7S/c1-16-22(23(31)28-11-3-4-12-28)27-29(18-7-5-6-17(25)14-18)24(16)37-20-9-8-19(30(32)33)15-21(20)38(34,35)26-10-13-36-2/h5-9,14-15,26H,3-4,10-13H2,1-2H3. The Morgan fingerprint density at radius 3 is 2.61 bits per heavy atom. The van der Waals surface area contributed by atoms with Crippen LogP contribution in [0.2, 0.25) is 0 Å². The van der Waals surface area contributed by atoms with Crippen LogP contribution in [0.5, 0.6) is 11.6 Å². The first-order valence-electron chi connectivity index (χ1n) is 11.7. The van der Waals surface area contributed by atoms with Crippen molar-refractivity contribution in [1.29, 1.82) is 0 Å². The number of methoxy groups -OCH3 is 1. The van der Waals surface area contributed by atoms with Gasteiger partial charge in [-0.05, 0) is 44.0 Å². The molecule has 3 aromatic rings. The summed E-state index contributed by atoms with van der Waals surface area (Å²) in [5, 5.41) is 15.8. The summed E-state index contributed by atoms with van der Waals surface area (Å²) in [6.45, 7) is 2.70. The number of halogens is 1. The van der Waals surface area contributed by atoms with Gasteiger partial charge in [0.1, 0.15) is 16.5 Å². The number of nitrogens with zero attached hydrogens (tertiary/aromatic N) is 4. The number of hydrogen-bond donors (Lipinski definition) is 1. The van der Waals surface area contributed by atoms with Gasteiger partial charge in [-0.25, -0.2) is 17.5 Å². The number of aromatic nitrogens is 2. The highest BCUT2D eigenvalue weighted by Gasteiger charge is 2.30. The van der Waals surface area contributed by atoms with Crippen LogP contribution in [0, 0.1) is 22.9 Å². The molecule has 0 spiro atoms. The average molecular weight is 548 g/mol. The van der Waals surface area contributed by atoms with Gasteiger partial charge in [0.2, 0.25) is 15.9 Å². The van der Waals surface area contributed by atoms with Crippen LogP contribution in [0.25, 0.3) is 5.69 Å². The van der Waals surface area contributed by atoms with Crippen LogP contribution in [0.3, 0.4) is 0 Å². The van der Waals surface area contributed by atoms with Crippen molar-refractivity contribution in [2.45, 2.75) is 24.7 Å². The fraction of sp³-hybridized carbons (Fsp3) is 0.333. The predicted octanol–water partition coefficient (Wildman–Crippen LogP) is 3.18. The molecule has 1 fully saturated rings. The number of amides is 1. The van der Waals surface area contributed by atoms with E-state index in [0.717, 1.165) is 31.0 Å². The number of sulfonamides is 1. The van der Waals surface area contributed by atoms with Gasteiger partial charge in [0, 0.05) is 44.4 Å². The molecule has 1 amide bonds. The second-order valence-electron chi connectivity index (χ2n) is 8.55. The molecule has 2 aromatic carbocycles. The highest BCUT2D eigenvalue weighted by atomic mass is 32.2. The van der Waals surface area contributed by atoms with Crippen molar-refractivity contribution in [3.63, 3.8) is 0 Å². The summed E-state index contributed by atoms with van der Waals surface area (Å²) >= 11 is 0. The quantitative estimate of drug-likeness (QED) is 0.231. The zero-order valence-electron chi connectivity index (χ0n) is 20.7.